The maximum atomic E-state index is 12.1. The van der Waals surface area contributed by atoms with E-state index in [9.17, 15) is 24.0 Å². The molecular weight excluding hydrogens is 434 g/mol. The molecule has 1 saturated heterocycles. The van der Waals surface area contributed by atoms with Gasteiger partial charge in [-0.3, -0.25) is 24.6 Å². The first kappa shape index (κ1) is 21.8. The Morgan fingerprint density at radius 3 is 2.27 bits per heavy atom. The quantitative estimate of drug-likeness (QED) is 0.514. The Kier molecular flexibility index (Phi) is 6.20. The minimum absolute atomic E-state index is 0.117. The molecule has 0 radical (unpaired) electrons. The number of benzene rings is 2. The first-order chi connectivity index (χ1) is 15.9. The Labute approximate surface area is 187 Å². The number of amides is 5. The predicted octanol–water partition coefficient (Wildman–Crippen LogP) is 1.62. The minimum Gasteiger partial charge on any atom is -0.486 e. The fraction of sp³-hybridized carbons (Fsp3) is 0.227. The number of esters is 1. The second kappa shape index (κ2) is 9.39. The van der Waals surface area contributed by atoms with Gasteiger partial charge < -0.3 is 19.5 Å². The maximum Gasteiger partial charge on any atom is 0.338 e. The van der Waals surface area contributed by atoms with Gasteiger partial charge in [0.25, 0.3) is 5.91 Å². The Balaban J connectivity index is 1.25. The molecule has 2 aliphatic heterocycles. The number of hydrogen-bond acceptors (Lipinski definition) is 8. The normalized spacial score (nSPS) is 14.6. The molecule has 0 saturated carbocycles. The fourth-order valence-corrected chi connectivity index (χ4v) is 3.27. The van der Waals surface area contributed by atoms with Crippen molar-refractivity contribution in [3.63, 3.8) is 0 Å². The van der Waals surface area contributed by atoms with Crippen molar-refractivity contribution in [3.05, 3.63) is 48.0 Å². The number of ether oxygens (including phenoxy) is 3. The van der Waals surface area contributed by atoms with Crippen molar-refractivity contribution in [2.45, 2.75) is 12.8 Å². The summed E-state index contributed by atoms with van der Waals surface area (Å²) in [6.07, 6.45) is 0.306. The lowest BCUT2D eigenvalue weighted by Crippen LogP contribution is -2.37. The molecule has 2 aromatic carbocycles. The SMILES string of the molecule is O=C(COC(=O)c1ccc(N2C(=O)CCC2=O)cc1)NC(=O)Nc1ccc2c(c1)OCCO2. The third-order valence-corrected chi connectivity index (χ3v) is 4.80. The molecular formula is C22H19N3O8. The smallest absolute Gasteiger partial charge is 0.338 e. The van der Waals surface area contributed by atoms with Crippen LogP contribution in [-0.2, 0) is 19.1 Å². The molecule has 11 nitrogen and oxygen atoms in total. The van der Waals surface area contributed by atoms with E-state index in [2.05, 4.69) is 10.6 Å². The zero-order valence-corrected chi connectivity index (χ0v) is 17.3. The molecule has 4 rings (SSSR count). The molecule has 0 unspecified atom stereocenters. The summed E-state index contributed by atoms with van der Waals surface area (Å²) in [4.78, 5) is 60.7. The summed E-state index contributed by atoms with van der Waals surface area (Å²) in [6.45, 7) is 0.150. The number of fused-ring (bicyclic) bond motifs is 1. The molecule has 0 bridgehead atoms. The highest BCUT2D eigenvalue weighted by molar-refractivity contribution is 6.19. The highest BCUT2D eigenvalue weighted by atomic mass is 16.6. The summed E-state index contributed by atoms with van der Waals surface area (Å²) in [5, 5.41) is 4.53. The van der Waals surface area contributed by atoms with Crippen molar-refractivity contribution in [2.24, 2.45) is 0 Å². The monoisotopic (exact) mass is 453 g/mol. The Bertz CT molecular complexity index is 1110. The highest BCUT2D eigenvalue weighted by Crippen LogP contribution is 2.32. The molecule has 0 atom stereocenters. The van der Waals surface area contributed by atoms with Crippen LogP contribution in [0.3, 0.4) is 0 Å². The van der Waals surface area contributed by atoms with Crippen LogP contribution in [0.1, 0.15) is 23.2 Å². The lowest BCUT2D eigenvalue weighted by atomic mass is 10.2. The van der Waals surface area contributed by atoms with E-state index in [1.54, 1.807) is 18.2 Å². The maximum absolute atomic E-state index is 12.1. The number of nitrogens with one attached hydrogen (secondary N) is 2. The number of carbonyl (C=O) groups is 5. The van der Waals surface area contributed by atoms with Crippen LogP contribution < -0.4 is 25.0 Å². The number of nitrogens with zero attached hydrogens (tertiary/aromatic N) is 1. The topological polar surface area (TPSA) is 140 Å². The lowest BCUT2D eigenvalue weighted by Gasteiger charge is -2.19. The zero-order valence-electron chi connectivity index (χ0n) is 17.3. The number of rotatable bonds is 5. The second-order valence-corrected chi connectivity index (χ2v) is 7.11. The molecule has 2 heterocycles. The number of anilines is 2. The number of urea groups is 1. The van der Waals surface area contributed by atoms with Crippen LogP contribution in [0.4, 0.5) is 16.2 Å². The first-order valence-corrected chi connectivity index (χ1v) is 10.0. The lowest BCUT2D eigenvalue weighted by molar-refractivity contribution is -0.123. The molecule has 0 aliphatic carbocycles. The van der Waals surface area contributed by atoms with Gasteiger partial charge in [0.15, 0.2) is 18.1 Å². The highest BCUT2D eigenvalue weighted by Gasteiger charge is 2.30. The van der Waals surface area contributed by atoms with Gasteiger partial charge >= 0.3 is 12.0 Å². The van der Waals surface area contributed by atoms with Gasteiger partial charge in [0.2, 0.25) is 11.8 Å². The second-order valence-electron chi connectivity index (χ2n) is 7.11. The van der Waals surface area contributed by atoms with E-state index < -0.39 is 24.5 Å². The van der Waals surface area contributed by atoms with Crippen LogP contribution in [0.25, 0.3) is 0 Å². The van der Waals surface area contributed by atoms with E-state index in [0.29, 0.717) is 36.1 Å². The van der Waals surface area contributed by atoms with E-state index in [4.69, 9.17) is 14.2 Å². The van der Waals surface area contributed by atoms with Crippen LogP contribution in [0.5, 0.6) is 11.5 Å². The van der Waals surface area contributed by atoms with E-state index in [0.717, 1.165) is 4.90 Å². The van der Waals surface area contributed by atoms with Gasteiger partial charge in [0.05, 0.1) is 11.3 Å². The molecule has 0 aromatic heterocycles. The number of hydrogen-bond donors (Lipinski definition) is 2. The van der Waals surface area contributed by atoms with E-state index in [1.807, 2.05) is 0 Å². The molecule has 2 N–H and O–H groups in total. The minimum atomic E-state index is -0.830. The standard InChI is InChI=1S/C22H19N3O8/c26-18(24-22(30)23-14-3-6-16-17(11-14)32-10-9-31-16)12-33-21(29)13-1-4-15(5-2-13)25-19(27)7-8-20(25)28/h1-6,11H,7-10,12H2,(H2,23,24,26,30). The molecule has 33 heavy (non-hydrogen) atoms. The van der Waals surface area contributed by atoms with Crippen molar-refractivity contribution in [1.29, 1.82) is 0 Å². The molecule has 2 aromatic rings. The summed E-state index contributed by atoms with van der Waals surface area (Å²) < 4.78 is 15.7. The largest absolute Gasteiger partial charge is 0.486 e. The van der Waals surface area contributed by atoms with Crippen LogP contribution >= 0.6 is 0 Å². The molecule has 0 spiro atoms. The number of imide groups is 2. The van der Waals surface area contributed by atoms with Gasteiger partial charge in [-0.25, -0.2) is 9.59 Å². The van der Waals surface area contributed by atoms with Crippen molar-refractivity contribution in [1.82, 2.24) is 5.32 Å². The summed E-state index contributed by atoms with van der Waals surface area (Å²) in [5.74, 6) is -1.21. The van der Waals surface area contributed by atoms with Crippen LogP contribution in [0.2, 0.25) is 0 Å². The Morgan fingerprint density at radius 2 is 1.58 bits per heavy atom. The molecule has 5 amide bonds. The average molecular weight is 453 g/mol. The predicted molar refractivity (Wildman–Crippen MR) is 113 cm³/mol. The van der Waals surface area contributed by atoms with Crippen molar-refractivity contribution in [2.75, 3.05) is 30.0 Å². The van der Waals surface area contributed by atoms with Gasteiger partial charge in [0, 0.05) is 24.6 Å². The summed E-state index contributed by atoms with van der Waals surface area (Å²) in [6, 6.07) is 9.62. The van der Waals surface area contributed by atoms with Gasteiger partial charge in [-0.05, 0) is 36.4 Å². The van der Waals surface area contributed by atoms with Crippen molar-refractivity contribution < 1.29 is 38.2 Å². The van der Waals surface area contributed by atoms with Crippen LogP contribution in [-0.4, -0.2) is 49.5 Å². The Hall–Kier alpha value is -4.41. The molecule has 11 heteroatoms. The summed E-state index contributed by atoms with van der Waals surface area (Å²) in [5.41, 5.74) is 0.857. The average Bonchev–Trinajstić information content (AvgIpc) is 3.15. The van der Waals surface area contributed by atoms with Gasteiger partial charge in [-0.15, -0.1) is 0 Å². The third kappa shape index (κ3) is 5.09. The zero-order chi connectivity index (χ0) is 23.4. The fourth-order valence-electron chi connectivity index (χ4n) is 3.27. The molecule has 170 valence electrons. The summed E-state index contributed by atoms with van der Waals surface area (Å²) in [7, 11) is 0. The Morgan fingerprint density at radius 1 is 0.909 bits per heavy atom. The first-order valence-electron chi connectivity index (χ1n) is 10.0. The molecule has 1 fully saturated rings. The molecule has 2 aliphatic rings. The van der Waals surface area contributed by atoms with E-state index >= 15 is 0 Å². The third-order valence-electron chi connectivity index (χ3n) is 4.80. The van der Waals surface area contributed by atoms with Gasteiger partial charge in [-0.1, -0.05) is 0 Å². The van der Waals surface area contributed by atoms with Gasteiger partial charge in [0.1, 0.15) is 13.2 Å². The van der Waals surface area contributed by atoms with Gasteiger partial charge in [-0.2, -0.15) is 0 Å². The van der Waals surface area contributed by atoms with Crippen molar-refractivity contribution >= 4 is 41.1 Å². The van der Waals surface area contributed by atoms with Crippen LogP contribution in [0.15, 0.2) is 42.5 Å². The summed E-state index contributed by atoms with van der Waals surface area (Å²) >= 11 is 0. The number of carbonyl (C=O) groups excluding carboxylic acids is 5. The van der Waals surface area contributed by atoms with E-state index in [-0.39, 0.29) is 30.2 Å². The van der Waals surface area contributed by atoms with Crippen LogP contribution in [0, 0.1) is 0 Å². The van der Waals surface area contributed by atoms with E-state index in [1.165, 1.54) is 24.3 Å². The van der Waals surface area contributed by atoms with Crippen molar-refractivity contribution in [3.8, 4) is 11.5 Å².